The zero-order chi connectivity index (χ0) is 39.3. The Balaban J connectivity index is 3.15. The van der Waals surface area contributed by atoms with E-state index in [1.807, 2.05) is 0 Å². The van der Waals surface area contributed by atoms with Crippen LogP contribution in [0.3, 0.4) is 0 Å². The molecule has 0 aromatic heterocycles. The molecule has 4 N–H and O–H groups in total. The molecule has 0 aliphatic rings. The number of hydrogen-bond acceptors (Lipinski definition) is 2. The molecule has 0 saturated heterocycles. The Kier molecular flexibility index (Phi) is 45.4. The van der Waals surface area contributed by atoms with E-state index in [0.29, 0.717) is 12.8 Å². The van der Waals surface area contributed by atoms with Crippen molar-refractivity contribution in [3.63, 3.8) is 0 Å². The fourth-order valence-electron chi connectivity index (χ4n) is 8.45. The van der Waals surface area contributed by atoms with Gasteiger partial charge in [0.05, 0.1) is 0 Å². The van der Waals surface area contributed by atoms with Gasteiger partial charge in [0.1, 0.15) is 0 Å². The molecule has 0 heterocycles. The lowest BCUT2D eigenvalue weighted by Gasteiger charge is -2.11. The molecule has 0 rings (SSSR count). The molecule has 0 saturated carbocycles. The number of unbranched alkanes of at least 4 members (excludes halogenated alkanes) is 40. The van der Waals surface area contributed by atoms with Crippen LogP contribution in [0.5, 0.6) is 0 Å². The fraction of sp³-hybridized carbons (Fsp3) is 0.960. The summed E-state index contributed by atoms with van der Waals surface area (Å²) >= 11 is 0. The summed E-state index contributed by atoms with van der Waals surface area (Å²) in [7, 11) is 0. The van der Waals surface area contributed by atoms with Gasteiger partial charge >= 0.3 is 0 Å². The summed E-state index contributed by atoms with van der Waals surface area (Å²) in [5.74, 6) is 0.641. The van der Waals surface area contributed by atoms with Crippen LogP contribution in [0.2, 0.25) is 0 Å². The Labute approximate surface area is 340 Å². The van der Waals surface area contributed by atoms with Crippen molar-refractivity contribution in [1.82, 2.24) is 0 Å². The maximum Gasteiger partial charge on any atom is 0.217 e. The van der Waals surface area contributed by atoms with Crippen molar-refractivity contribution in [3.05, 3.63) is 0 Å². The monoisotopic (exact) mass is 761 g/mol. The molecule has 0 radical (unpaired) electrons. The number of amides is 2. The van der Waals surface area contributed by atoms with Crippen molar-refractivity contribution in [3.8, 4) is 0 Å². The van der Waals surface area contributed by atoms with Crippen molar-refractivity contribution in [2.24, 2.45) is 17.4 Å². The Morgan fingerprint density at radius 3 is 0.537 bits per heavy atom. The maximum atomic E-state index is 10.7. The second kappa shape index (κ2) is 46.3. The SMILES string of the molecule is CC(CCCCCCCCCCCCCCCCCCCCCCCC(N)=O)CCCCCCCCCCCCCCCCCCCCCCCC(N)=O. The van der Waals surface area contributed by atoms with Crippen molar-refractivity contribution in [2.75, 3.05) is 0 Å². The minimum absolute atomic E-state index is 0.149. The van der Waals surface area contributed by atoms with E-state index in [0.717, 1.165) is 18.8 Å². The standard InChI is InChI=1S/C50H100N2O2/c1-48(44-40-36-32-28-24-20-16-12-8-4-2-6-10-14-18-22-26-30-34-38-42-46-49(51)53)45-41-37-33-29-25-21-17-13-9-5-3-7-11-15-19-23-27-31-35-39-43-47-50(52)54/h48H,2-47H2,1H3,(H2,51,53)(H2,52,54). The van der Waals surface area contributed by atoms with Crippen molar-refractivity contribution in [2.45, 2.75) is 302 Å². The van der Waals surface area contributed by atoms with Crippen molar-refractivity contribution >= 4 is 11.8 Å². The zero-order valence-electron chi connectivity index (χ0n) is 37.1. The smallest absolute Gasteiger partial charge is 0.217 e. The van der Waals surface area contributed by atoms with Crippen LogP contribution in [-0.2, 0) is 9.59 Å². The molecule has 0 aromatic rings. The van der Waals surface area contributed by atoms with E-state index < -0.39 is 0 Å². The van der Waals surface area contributed by atoms with Gasteiger partial charge in [-0.3, -0.25) is 9.59 Å². The minimum Gasteiger partial charge on any atom is -0.370 e. The maximum absolute atomic E-state index is 10.7. The first-order valence-corrected chi connectivity index (χ1v) is 25.1. The van der Waals surface area contributed by atoms with Crippen LogP contribution >= 0.6 is 0 Å². The quantitative estimate of drug-likeness (QED) is 0.0605. The van der Waals surface area contributed by atoms with Gasteiger partial charge in [0.15, 0.2) is 0 Å². The number of carbonyl (C=O) groups is 2. The summed E-state index contributed by atoms with van der Waals surface area (Å²) in [6.07, 6.45) is 62.7. The Bertz CT molecular complexity index is 680. The van der Waals surface area contributed by atoms with E-state index in [4.69, 9.17) is 11.5 Å². The van der Waals surface area contributed by atoms with Crippen LogP contribution in [0, 0.1) is 5.92 Å². The van der Waals surface area contributed by atoms with Crippen molar-refractivity contribution in [1.29, 1.82) is 0 Å². The molecule has 0 atom stereocenters. The fourth-order valence-corrected chi connectivity index (χ4v) is 8.45. The average Bonchev–Trinajstić information content (AvgIpc) is 3.15. The predicted molar refractivity (Wildman–Crippen MR) is 240 cm³/mol. The molecule has 0 fully saturated rings. The third kappa shape index (κ3) is 49.0. The molecule has 322 valence electrons. The van der Waals surface area contributed by atoms with E-state index in [2.05, 4.69) is 6.92 Å². The van der Waals surface area contributed by atoms with E-state index in [-0.39, 0.29) is 11.8 Å². The molecule has 0 aliphatic carbocycles. The van der Waals surface area contributed by atoms with Crippen LogP contribution in [0.1, 0.15) is 302 Å². The first kappa shape index (κ1) is 52.9. The predicted octanol–water partition coefficient (Wildman–Crippen LogP) is 16.5. The van der Waals surface area contributed by atoms with Crippen LogP contribution in [0.25, 0.3) is 0 Å². The minimum atomic E-state index is -0.149. The lowest BCUT2D eigenvalue weighted by Crippen LogP contribution is -2.09. The number of rotatable bonds is 48. The molecule has 0 bridgehead atoms. The third-order valence-electron chi connectivity index (χ3n) is 12.2. The summed E-state index contributed by atoms with van der Waals surface area (Å²) in [6, 6.07) is 0. The molecule has 2 amide bonds. The van der Waals surface area contributed by atoms with Crippen LogP contribution in [0.4, 0.5) is 0 Å². The molecule has 4 heteroatoms. The summed E-state index contributed by atoms with van der Waals surface area (Å²) in [5.41, 5.74) is 10.4. The number of hydrogen-bond donors (Lipinski definition) is 2. The first-order chi connectivity index (χ1) is 26.5. The molecule has 0 spiro atoms. The van der Waals surface area contributed by atoms with Gasteiger partial charge in [0.2, 0.25) is 11.8 Å². The average molecular weight is 761 g/mol. The molecular weight excluding hydrogens is 661 g/mol. The lowest BCUT2D eigenvalue weighted by atomic mass is 9.95. The molecule has 0 aromatic carbocycles. The third-order valence-corrected chi connectivity index (χ3v) is 12.2. The van der Waals surface area contributed by atoms with Crippen molar-refractivity contribution < 1.29 is 9.59 Å². The summed E-state index contributed by atoms with van der Waals surface area (Å²) in [4.78, 5) is 21.5. The van der Waals surface area contributed by atoms with E-state index in [9.17, 15) is 9.59 Å². The Morgan fingerprint density at radius 1 is 0.259 bits per heavy atom. The second-order valence-corrected chi connectivity index (χ2v) is 18.0. The largest absolute Gasteiger partial charge is 0.370 e. The molecular formula is C50H100N2O2. The molecule has 0 aliphatic heterocycles. The van der Waals surface area contributed by atoms with Crippen LogP contribution < -0.4 is 11.5 Å². The van der Waals surface area contributed by atoms with Gasteiger partial charge in [0, 0.05) is 12.8 Å². The molecule has 0 unspecified atom stereocenters. The van der Waals surface area contributed by atoms with Crippen LogP contribution in [0.15, 0.2) is 0 Å². The number of primary amides is 2. The van der Waals surface area contributed by atoms with Gasteiger partial charge in [-0.2, -0.15) is 0 Å². The van der Waals surface area contributed by atoms with Crippen LogP contribution in [-0.4, -0.2) is 11.8 Å². The van der Waals surface area contributed by atoms with E-state index in [1.54, 1.807) is 0 Å². The topological polar surface area (TPSA) is 86.2 Å². The molecule has 54 heavy (non-hydrogen) atoms. The highest BCUT2D eigenvalue weighted by atomic mass is 16.1. The number of carbonyl (C=O) groups excluding carboxylic acids is 2. The van der Waals surface area contributed by atoms with E-state index in [1.165, 1.54) is 270 Å². The van der Waals surface area contributed by atoms with Gasteiger partial charge in [-0.15, -0.1) is 0 Å². The second-order valence-electron chi connectivity index (χ2n) is 18.0. The number of nitrogens with two attached hydrogens (primary N) is 2. The summed E-state index contributed by atoms with van der Waals surface area (Å²) in [5, 5.41) is 0. The van der Waals surface area contributed by atoms with Gasteiger partial charge < -0.3 is 11.5 Å². The lowest BCUT2D eigenvalue weighted by molar-refractivity contribution is -0.119. The highest BCUT2D eigenvalue weighted by Crippen LogP contribution is 2.20. The Hall–Kier alpha value is -1.06. The normalized spacial score (nSPS) is 11.6. The zero-order valence-corrected chi connectivity index (χ0v) is 37.1. The van der Waals surface area contributed by atoms with Gasteiger partial charge in [-0.25, -0.2) is 0 Å². The summed E-state index contributed by atoms with van der Waals surface area (Å²) < 4.78 is 0. The Morgan fingerprint density at radius 2 is 0.389 bits per heavy atom. The van der Waals surface area contributed by atoms with Gasteiger partial charge in [-0.1, -0.05) is 277 Å². The highest BCUT2D eigenvalue weighted by Gasteiger charge is 2.03. The first-order valence-electron chi connectivity index (χ1n) is 25.1. The molecule has 4 nitrogen and oxygen atoms in total. The summed E-state index contributed by atoms with van der Waals surface area (Å²) in [6.45, 7) is 2.50. The highest BCUT2D eigenvalue weighted by molar-refractivity contribution is 5.73. The van der Waals surface area contributed by atoms with Gasteiger partial charge in [-0.05, 0) is 18.8 Å². The van der Waals surface area contributed by atoms with Gasteiger partial charge in [0.25, 0.3) is 0 Å². The van der Waals surface area contributed by atoms with E-state index >= 15 is 0 Å².